The summed E-state index contributed by atoms with van der Waals surface area (Å²) in [6.07, 6.45) is 3.27. The van der Waals surface area contributed by atoms with Crippen molar-refractivity contribution in [2.75, 3.05) is 5.73 Å². The van der Waals surface area contributed by atoms with Crippen LogP contribution in [0.1, 0.15) is 23.7 Å². The molecule has 102 valence electrons. The van der Waals surface area contributed by atoms with E-state index < -0.39 is 0 Å². The Morgan fingerprint density at radius 1 is 1.43 bits per heavy atom. The molecule has 0 spiro atoms. The number of aromatic nitrogens is 3. The van der Waals surface area contributed by atoms with Gasteiger partial charge in [0.2, 0.25) is 4.77 Å². The van der Waals surface area contributed by atoms with Gasteiger partial charge in [-0.1, -0.05) is 6.07 Å². The largest absolute Gasteiger partial charge is 0.382 e. The lowest BCUT2D eigenvalue weighted by atomic mass is 10.2. The van der Waals surface area contributed by atoms with Gasteiger partial charge in [-0.3, -0.25) is 4.98 Å². The monoisotopic (exact) mass is 295 g/mol. The Hall–Kier alpha value is -3.10. The van der Waals surface area contributed by atoms with Gasteiger partial charge in [-0.25, -0.2) is 4.98 Å². The van der Waals surface area contributed by atoms with Crippen molar-refractivity contribution in [1.82, 2.24) is 14.6 Å². The number of anilines is 1. The maximum atomic E-state index is 9.23. The van der Waals surface area contributed by atoms with Crippen molar-refractivity contribution in [3.8, 4) is 12.1 Å². The third-order valence-electron chi connectivity index (χ3n) is 2.65. The Bertz CT molecular complexity index is 853. The highest BCUT2D eigenvalue weighted by Gasteiger charge is 2.13. The number of rotatable bonds is 2. The lowest BCUT2D eigenvalue weighted by Gasteiger charge is -2.07. The lowest BCUT2D eigenvalue weighted by Crippen LogP contribution is -2.11. The van der Waals surface area contributed by atoms with Crippen LogP contribution in [0, 0.1) is 27.4 Å². The first-order valence-corrected chi connectivity index (χ1v) is 6.18. The maximum absolute atomic E-state index is 9.23. The third kappa shape index (κ3) is 2.76. The van der Waals surface area contributed by atoms with Crippen LogP contribution in [-0.4, -0.2) is 20.4 Å². The topological polar surface area (TPSA) is 117 Å². The average Bonchev–Trinajstić information content (AvgIpc) is 2.50. The molecule has 0 aliphatic heterocycles. The van der Waals surface area contributed by atoms with Crippen LogP contribution in [0.3, 0.4) is 0 Å². The fraction of sp³-hybridized carbons (Fsp3) is 0.0769. The van der Waals surface area contributed by atoms with Crippen molar-refractivity contribution in [1.29, 1.82) is 10.5 Å². The number of nitriles is 2. The number of pyridine rings is 1. The van der Waals surface area contributed by atoms with Gasteiger partial charge in [0.25, 0.3) is 0 Å². The Morgan fingerprint density at radius 3 is 2.76 bits per heavy atom. The van der Waals surface area contributed by atoms with Gasteiger partial charge < -0.3 is 5.73 Å². The van der Waals surface area contributed by atoms with E-state index in [9.17, 15) is 5.26 Å². The fourth-order valence-corrected chi connectivity index (χ4v) is 1.85. The van der Waals surface area contributed by atoms with Crippen molar-refractivity contribution in [2.45, 2.75) is 6.92 Å². The molecule has 2 aromatic heterocycles. The number of nitrogen functional groups attached to an aromatic ring is 1. The van der Waals surface area contributed by atoms with E-state index in [2.05, 4.69) is 15.1 Å². The van der Waals surface area contributed by atoms with E-state index in [4.69, 9.17) is 23.2 Å². The third-order valence-corrected chi connectivity index (χ3v) is 2.91. The first kappa shape index (κ1) is 14.3. The van der Waals surface area contributed by atoms with E-state index in [-0.39, 0.29) is 21.8 Å². The summed E-state index contributed by atoms with van der Waals surface area (Å²) in [6, 6.07) is 7.30. The van der Waals surface area contributed by atoms with E-state index in [1.54, 1.807) is 25.4 Å². The predicted octanol–water partition coefficient (Wildman–Crippen LogP) is 1.61. The summed E-state index contributed by atoms with van der Waals surface area (Å²) < 4.78 is 1.14. The van der Waals surface area contributed by atoms with E-state index in [1.165, 1.54) is 0 Å². The molecule has 0 fully saturated rings. The highest BCUT2D eigenvalue weighted by molar-refractivity contribution is 7.71. The van der Waals surface area contributed by atoms with Crippen LogP contribution in [0.2, 0.25) is 0 Å². The molecule has 0 bridgehead atoms. The number of hydrogen-bond acceptors (Lipinski definition) is 7. The quantitative estimate of drug-likeness (QED) is 0.664. The zero-order valence-electron chi connectivity index (χ0n) is 11.0. The van der Waals surface area contributed by atoms with Crippen LogP contribution < -0.4 is 5.73 Å². The lowest BCUT2D eigenvalue weighted by molar-refractivity contribution is 0.797. The Morgan fingerprint density at radius 2 is 2.19 bits per heavy atom. The summed E-state index contributed by atoms with van der Waals surface area (Å²) in [5, 5.41) is 22.5. The summed E-state index contributed by atoms with van der Waals surface area (Å²) in [4.78, 5) is 7.85. The van der Waals surface area contributed by atoms with E-state index in [0.29, 0.717) is 5.71 Å². The van der Waals surface area contributed by atoms with Crippen molar-refractivity contribution in [3.05, 3.63) is 46.1 Å². The second kappa shape index (κ2) is 5.90. The molecular formula is C13H9N7S. The molecule has 0 amide bonds. The van der Waals surface area contributed by atoms with Crippen LogP contribution in [0.4, 0.5) is 5.82 Å². The minimum absolute atomic E-state index is 0.00582. The van der Waals surface area contributed by atoms with E-state index in [1.807, 2.05) is 18.2 Å². The molecule has 0 unspecified atom stereocenters. The van der Waals surface area contributed by atoms with Gasteiger partial charge in [0, 0.05) is 18.0 Å². The zero-order valence-corrected chi connectivity index (χ0v) is 11.8. The minimum atomic E-state index is -0.0791. The molecule has 0 saturated carbocycles. The number of nitrogens with two attached hydrogens (primary N) is 1. The summed E-state index contributed by atoms with van der Waals surface area (Å²) in [6.45, 7) is 1.74. The summed E-state index contributed by atoms with van der Waals surface area (Å²) in [7, 11) is 0. The average molecular weight is 295 g/mol. The van der Waals surface area contributed by atoms with Crippen LogP contribution >= 0.6 is 12.2 Å². The normalized spacial score (nSPS) is 10.7. The van der Waals surface area contributed by atoms with Gasteiger partial charge >= 0.3 is 0 Å². The SMILES string of the molecule is C/C(=N\n1c(C#N)c(C#N)c(N)nc1=S)c1cccnc1. The molecule has 0 saturated heterocycles. The smallest absolute Gasteiger partial charge is 0.223 e. The zero-order chi connectivity index (χ0) is 15.4. The van der Waals surface area contributed by atoms with Crippen LogP contribution in [-0.2, 0) is 0 Å². The molecule has 0 radical (unpaired) electrons. The summed E-state index contributed by atoms with van der Waals surface area (Å²) >= 11 is 5.06. The molecule has 0 aliphatic carbocycles. The minimum Gasteiger partial charge on any atom is -0.382 e. The van der Waals surface area contributed by atoms with Crippen molar-refractivity contribution in [2.24, 2.45) is 5.10 Å². The van der Waals surface area contributed by atoms with Gasteiger partial charge in [-0.2, -0.15) is 20.3 Å². The first-order chi connectivity index (χ1) is 10.1. The Balaban J connectivity index is 2.69. The number of hydrogen-bond donors (Lipinski definition) is 1. The predicted molar refractivity (Wildman–Crippen MR) is 78.7 cm³/mol. The molecule has 0 atom stereocenters. The van der Waals surface area contributed by atoms with Gasteiger partial charge in [-0.15, -0.1) is 0 Å². The van der Waals surface area contributed by atoms with Crippen molar-refractivity contribution in [3.63, 3.8) is 0 Å². The molecule has 2 heterocycles. The molecule has 0 aromatic carbocycles. The maximum Gasteiger partial charge on any atom is 0.223 e. The molecule has 2 aromatic rings. The van der Waals surface area contributed by atoms with E-state index in [0.717, 1.165) is 10.2 Å². The molecule has 2 rings (SSSR count). The van der Waals surface area contributed by atoms with Gasteiger partial charge in [-0.05, 0) is 25.2 Å². The van der Waals surface area contributed by atoms with Crippen molar-refractivity contribution < 1.29 is 0 Å². The number of nitrogens with zero attached hydrogens (tertiary/aromatic N) is 6. The summed E-state index contributed by atoms with van der Waals surface area (Å²) in [5.74, 6) is -0.0791. The second-order valence-corrected chi connectivity index (χ2v) is 4.33. The Labute approximate surface area is 125 Å². The van der Waals surface area contributed by atoms with Crippen LogP contribution in [0.5, 0.6) is 0 Å². The fourth-order valence-electron chi connectivity index (χ4n) is 1.62. The highest BCUT2D eigenvalue weighted by Crippen LogP contribution is 2.14. The van der Waals surface area contributed by atoms with Gasteiger partial charge in [0.05, 0.1) is 5.71 Å². The Kier molecular flexibility index (Phi) is 4.02. The molecular weight excluding hydrogens is 286 g/mol. The molecule has 0 aliphatic rings. The van der Waals surface area contributed by atoms with E-state index >= 15 is 0 Å². The molecule has 8 heteroatoms. The van der Waals surface area contributed by atoms with Crippen LogP contribution in [0.25, 0.3) is 0 Å². The highest BCUT2D eigenvalue weighted by atomic mass is 32.1. The first-order valence-electron chi connectivity index (χ1n) is 5.77. The van der Waals surface area contributed by atoms with Gasteiger partial charge in [0.1, 0.15) is 23.5 Å². The second-order valence-electron chi connectivity index (χ2n) is 3.97. The van der Waals surface area contributed by atoms with Crippen LogP contribution in [0.15, 0.2) is 29.6 Å². The van der Waals surface area contributed by atoms with Crippen molar-refractivity contribution >= 4 is 23.7 Å². The molecule has 2 N–H and O–H groups in total. The molecule has 21 heavy (non-hydrogen) atoms. The van der Waals surface area contributed by atoms with Gasteiger partial charge in [0.15, 0.2) is 5.69 Å². The standard InChI is InChI=1S/C13H9N7S/c1-8(9-3-2-4-17-7-9)19-20-11(6-15)10(5-14)12(16)18-13(20)21/h2-4,7H,1H3,(H2,16,18,21)/b19-8+. The molecule has 7 nitrogen and oxygen atoms in total. The summed E-state index contributed by atoms with van der Waals surface area (Å²) in [5.41, 5.74) is 6.84.